The van der Waals surface area contributed by atoms with E-state index in [1.807, 2.05) is 30.6 Å². The third-order valence-corrected chi connectivity index (χ3v) is 4.10. The van der Waals surface area contributed by atoms with E-state index in [2.05, 4.69) is 22.1 Å². The number of rotatable bonds is 1. The van der Waals surface area contributed by atoms with Gasteiger partial charge in [-0.25, -0.2) is 0 Å². The second-order valence-corrected chi connectivity index (χ2v) is 5.60. The van der Waals surface area contributed by atoms with Gasteiger partial charge in [0.2, 0.25) is 0 Å². The molecule has 4 heteroatoms. The molecule has 2 N–H and O–H groups in total. The number of halogens is 2. The molecular weight excluding hydrogens is 291 g/mol. The number of aromatic nitrogens is 2. The van der Waals surface area contributed by atoms with Crippen molar-refractivity contribution in [2.45, 2.75) is 0 Å². The Morgan fingerprint density at radius 3 is 2.45 bits per heavy atom. The van der Waals surface area contributed by atoms with Crippen molar-refractivity contribution in [3.8, 4) is 11.1 Å². The first kappa shape index (κ1) is 11.9. The molecule has 0 aliphatic heterocycles. The molecule has 0 atom stereocenters. The van der Waals surface area contributed by atoms with Crippen molar-refractivity contribution in [3.05, 3.63) is 58.8 Å². The third kappa shape index (κ3) is 1.65. The van der Waals surface area contributed by atoms with Crippen LogP contribution in [0.2, 0.25) is 10.0 Å². The zero-order valence-corrected chi connectivity index (χ0v) is 11.9. The second kappa shape index (κ2) is 4.30. The van der Waals surface area contributed by atoms with E-state index in [9.17, 15) is 0 Å². The molecule has 0 aliphatic rings. The fourth-order valence-electron chi connectivity index (χ4n) is 2.67. The number of nitrogens with one attached hydrogen (secondary N) is 2. The van der Waals surface area contributed by atoms with Gasteiger partial charge < -0.3 is 9.97 Å². The van der Waals surface area contributed by atoms with Crippen LogP contribution in [-0.2, 0) is 0 Å². The molecule has 2 aromatic carbocycles. The molecule has 0 aliphatic carbocycles. The summed E-state index contributed by atoms with van der Waals surface area (Å²) in [6, 6.07) is 11.9. The average Bonchev–Trinajstić information content (AvgIpc) is 3.02. The fraction of sp³-hybridized carbons (Fsp3) is 0. The minimum Gasteiger partial charge on any atom is -0.361 e. The molecule has 2 aromatic heterocycles. The molecular formula is C16H10Cl2N2. The van der Waals surface area contributed by atoms with E-state index in [0.717, 1.165) is 27.5 Å². The minimum absolute atomic E-state index is 0.638. The molecule has 20 heavy (non-hydrogen) atoms. The van der Waals surface area contributed by atoms with Gasteiger partial charge in [-0.3, -0.25) is 0 Å². The highest BCUT2D eigenvalue weighted by atomic mass is 35.5. The van der Waals surface area contributed by atoms with Crippen LogP contribution < -0.4 is 0 Å². The molecule has 2 heterocycles. The molecule has 0 radical (unpaired) electrons. The highest BCUT2D eigenvalue weighted by molar-refractivity contribution is 6.38. The Labute approximate surface area is 125 Å². The molecule has 0 saturated heterocycles. The van der Waals surface area contributed by atoms with Crippen LogP contribution in [-0.4, -0.2) is 9.97 Å². The maximum atomic E-state index is 6.23. The molecule has 0 spiro atoms. The van der Waals surface area contributed by atoms with E-state index < -0.39 is 0 Å². The Balaban J connectivity index is 2.08. The molecule has 0 saturated carbocycles. The Morgan fingerprint density at radius 2 is 1.55 bits per heavy atom. The van der Waals surface area contributed by atoms with Crippen molar-refractivity contribution in [2.24, 2.45) is 0 Å². The SMILES string of the molecule is Clc1cc(Cl)c2[nH]cc(-c3c[nH]c4ccccc34)c2c1. The van der Waals surface area contributed by atoms with Crippen molar-refractivity contribution in [2.75, 3.05) is 0 Å². The lowest BCUT2D eigenvalue weighted by Gasteiger charge is -2.00. The summed E-state index contributed by atoms with van der Waals surface area (Å²) >= 11 is 12.4. The monoisotopic (exact) mass is 300 g/mol. The minimum atomic E-state index is 0.638. The van der Waals surface area contributed by atoms with E-state index in [-0.39, 0.29) is 0 Å². The summed E-state index contributed by atoms with van der Waals surface area (Å²) in [5.74, 6) is 0. The average molecular weight is 301 g/mol. The van der Waals surface area contributed by atoms with Crippen LogP contribution in [0.3, 0.4) is 0 Å². The van der Waals surface area contributed by atoms with Crippen molar-refractivity contribution in [1.82, 2.24) is 9.97 Å². The number of hydrogen-bond donors (Lipinski definition) is 2. The Bertz CT molecular complexity index is 934. The fourth-order valence-corrected chi connectivity index (χ4v) is 3.22. The van der Waals surface area contributed by atoms with Crippen molar-refractivity contribution >= 4 is 45.0 Å². The zero-order chi connectivity index (χ0) is 13.7. The smallest absolute Gasteiger partial charge is 0.0662 e. The molecule has 4 rings (SSSR count). The summed E-state index contributed by atoms with van der Waals surface area (Å²) in [6.07, 6.45) is 3.99. The molecule has 98 valence electrons. The summed E-state index contributed by atoms with van der Waals surface area (Å²) in [6.45, 7) is 0. The Hall–Kier alpha value is -1.90. The van der Waals surface area contributed by atoms with Gasteiger partial charge in [-0.15, -0.1) is 0 Å². The van der Waals surface area contributed by atoms with Crippen LogP contribution >= 0.6 is 23.2 Å². The van der Waals surface area contributed by atoms with E-state index in [4.69, 9.17) is 23.2 Å². The molecule has 4 aromatic rings. The predicted molar refractivity (Wildman–Crippen MR) is 85.6 cm³/mol. The standard InChI is InChI=1S/C16H10Cl2N2/c17-9-5-11-13(8-20-16(11)14(18)6-9)12-7-19-15-4-2-1-3-10(12)15/h1-8,19-20H. The van der Waals surface area contributed by atoms with Gasteiger partial charge >= 0.3 is 0 Å². The number of benzene rings is 2. The maximum absolute atomic E-state index is 6.23. The quantitative estimate of drug-likeness (QED) is 0.457. The van der Waals surface area contributed by atoms with Crippen molar-refractivity contribution < 1.29 is 0 Å². The normalized spacial score (nSPS) is 11.5. The van der Waals surface area contributed by atoms with E-state index in [1.54, 1.807) is 6.07 Å². The van der Waals surface area contributed by atoms with Crippen LogP contribution in [0.5, 0.6) is 0 Å². The second-order valence-electron chi connectivity index (χ2n) is 4.76. The van der Waals surface area contributed by atoms with Gasteiger partial charge in [-0.2, -0.15) is 0 Å². The largest absolute Gasteiger partial charge is 0.361 e. The van der Waals surface area contributed by atoms with E-state index >= 15 is 0 Å². The van der Waals surface area contributed by atoms with E-state index in [1.165, 1.54) is 5.39 Å². The van der Waals surface area contributed by atoms with Gasteiger partial charge in [0.05, 0.1) is 10.5 Å². The number of aromatic amines is 2. The van der Waals surface area contributed by atoms with Crippen LogP contribution in [0.4, 0.5) is 0 Å². The first-order chi connectivity index (χ1) is 9.74. The first-order valence-corrected chi connectivity index (χ1v) is 7.02. The zero-order valence-electron chi connectivity index (χ0n) is 10.4. The van der Waals surface area contributed by atoms with Crippen LogP contribution in [0.1, 0.15) is 0 Å². The van der Waals surface area contributed by atoms with E-state index in [0.29, 0.717) is 10.0 Å². The predicted octanol–water partition coefficient (Wildman–Crippen LogP) is 5.62. The van der Waals surface area contributed by atoms with Gasteiger partial charge in [0, 0.05) is 44.8 Å². The highest BCUT2D eigenvalue weighted by Gasteiger charge is 2.13. The van der Waals surface area contributed by atoms with Gasteiger partial charge in [0.15, 0.2) is 0 Å². The lowest BCUT2D eigenvalue weighted by Crippen LogP contribution is -1.75. The van der Waals surface area contributed by atoms with Gasteiger partial charge in [0.1, 0.15) is 0 Å². The van der Waals surface area contributed by atoms with Crippen molar-refractivity contribution in [1.29, 1.82) is 0 Å². The number of H-pyrrole nitrogens is 2. The highest BCUT2D eigenvalue weighted by Crippen LogP contribution is 2.37. The summed E-state index contributed by atoms with van der Waals surface area (Å²) in [5, 5.41) is 3.50. The van der Waals surface area contributed by atoms with Crippen LogP contribution in [0, 0.1) is 0 Å². The summed E-state index contributed by atoms with van der Waals surface area (Å²) in [5.41, 5.74) is 4.27. The van der Waals surface area contributed by atoms with Gasteiger partial charge in [0.25, 0.3) is 0 Å². The molecule has 0 unspecified atom stereocenters. The van der Waals surface area contributed by atoms with Gasteiger partial charge in [-0.05, 0) is 18.2 Å². The molecule has 0 fully saturated rings. The Kier molecular flexibility index (Phi) is 2.56. The summed E-state index contributed by atoms with van der Waals surface area (Å²) in [4.78, 5) is 6.52. The number of hydrogen-bond acceptors (Lipinski definition) is 0. The van der Waals surface area contributed by atoms with Gasteiger partial charge in [-0.1, -0.05) is 41.4 Å². The number of para-hydroxylation sites is 1. The Morgan fingerprint density at radius 1 is 0.800 bits per heavy atom. The first-order valence-electron chi connectivity index (χ1n) is 6.26. The maximum Gasteiger partial charge on any atom is 0.0662 e. The third-order valence-electron chi connectivity index (χ3n) is 3.59. The molecule has 0 bridgehead atoms. The molecule has 0 amide bonds. The number of fused-ring (bicyclic) bond motifs is 2. The lowest BCUT2D eigenvalue weighted by molar-refractivity contribution is 1.46. The van der Waals surface area contributed by atoms with Crippen LogP contribution in [0.15, 0.2) is 48.8 Å². The van der Waals surface area contributed by atoms with Crippen LogP contribution in [0.25, 0.3) is 32.9 Å². The molecule has 2 nitrogen and oxygen atoms in total. The van der Waals surface area contributed by atoms with Crippen molar-refractivity contribution in [3.63, 3.8) is 0 Å². The lowest BCUT2D eigenvalue weighted by atomic mass is 10.0. The summed E-state index contributed by atoms with van der Waals surface area (Å²) < 4.78 is 0. The topological polar surface area (TPSA) is 31.6 Å². The summed E-state index contributed by atoms with van der Waals surface area (Å²) in [7, 11) is 0.